The molecule has 10 heteroatoms. The Morgan fingerprint density at radius 1 is 1.19 bits per heavy atom. The highest BCUT2D eigenvalue weighted by Crippen LogP contribution is 2.35. The molecule has 31 heavy (non-hydrogen) atoms. The zero-order valence-electron chi connectivity index (χ0n) is 16.1. The summed E-state index contributed by atoms with van der Waals surface area (Å²) in [6.45, 7) is 0.542. The Morgan fingerprint density at radius 3 is 2.65 bits per heavy atom. The molecular formula is C21H18F3N3O3S. The molecule has 1 aliphatic heterocycles. The number of carbonyl (C=O) groups is 1. The molecular weight excluding hydrogens is 431 g/mol. The number of anilines is 2. The van der Waals surface area contributed by atoms with Gasteiger partial charge in [0.25, 0.3) is 5.91 Å². The number of aromatic nitrogens is 1. The van der Waals surface area contributed by atoms with Gasteiger partial charge >= 0.3 is 6.18 Å². The molecule has 1 aromatic heterocycles. The van der Waals surface area contributed by atoms with Gasteiger partial charge in [0.05, 0.1) is 22.7 Å². The van der Waals surface area contributed by atoms with E-state index in [1.54, 1.807) is 24.3 Å². The van der Waals surface area contributed by atoms with Crippen LogP contribution in [0.5, 0.6) is 0 Å². The maximum Gasteiger partial charge on any atom is 0.418 e. The van der Waals surface area contributed by atoms with Crippen LogP contribution in [0.4, 0.5) is 24.0 Å². The number of aliphatic hydroxyl groups is 1. The molecule has 1 unspecified atom stereocenters. The summed E-state index contributed by atoms with van der Waals surface area (Å²) in [7, 11) is 0. The fourth-order valence-electron chi connectivity index (χ4n) is 3.16. The molecule has 0 radical (unpaired) electrons. The molecule has 1 amide bonds. The number of aliphatic hydroxyl groups excluding tert-OH is 1. The van der Waals surface area contributed by atoms with Gasteiger partial charge in [-0.2, -0.15) is 13.2 Å². The maximum atomic E-state index is 13.1. The summed E-state index contributed by atoms with van der Waals surface area (Å²) in [5, 5.41) is 15.7. The third-order valence-electron chi connectivity index (χ3n) is 4.72. The van der Waals surface area contributed by atoms with Crippen LogP contribution in [-0.2, 0) is 23.9 Å². The van der Waals surface area contributed by atoms with E-state index < -0.39 is 18.0 Å². The Bertz CT molecular complexity index is 1080. The standard InChI is InChI=1S/C21H18F3N3O3S/c22-21(23,24)14-3-1-2-4-15(14)25-11-12-5-7-13(8-6-12)18(28)27-20-26-16-9-10-30-19(29)17(16)31-20/h1-8,19,25,29H,9-11H2,(H,26,27,28). The second kappa shape index (κ2) is 8.66. The second-order valence-electron chi connectivity index (χ2n) is 6.85. The maximum absolute atomic E-state index is 13.1. The van der Waals surface area contributed by atoms with Gasteiger partial charge in [-0.1, -0.05) is 35.6 Å². The summed E-state index contributed by atoms with van der Waals surface area (Å²) in [6, 6.07) is 11.8. The third kappa shape index (κ3) is 4.87. The van der Waals surface area contributed by atoms with Crippen molar-refractivity contribution in [3.63, 3.8) is 0 Å². The largest absolute Gasteiger partial charge is 0.418 e. The van der Waals surface area contributed by atoms with Crippen LogP contribution in [-0.4, -0.2) is 22.6 Å². The van der Waals surface area contributed by atoms with Gasteiger partial charge in [0.15, 0.2) is 11.4 Å². The topological polar surface area (TPSA) is 83.5 Å². The zero-order chi connectivity index (χ0) is 22.0. The van der Waals surface area contributed by atoms with Crippen molar-refractivity contribution in [3.8, 4) is 0 Å². The summed E-state index contributed by atoms with van der Waals surface area (Å²) in [5.74, 6) is -0.372. The fourth-order valence-corrected chi connectivity index (χ4v) is 4.10. The van der Waals surface area contributed by atoms with Crippen LogP contribution in [0.15, 0.2) is 48.5 Å². The summed E-state index contributed by atoms with van der Waals surface area (Å²) in [4.78, 5) is 17.4. The number of amides is 1. The molecule has 1 atom stereocenters. The van der Waals surface area contributed by atoms with E-state index in [4.69, 9.17) is 4.74 Å². The molecule has 2 aromatic carbocycles. The van der Waals surface area contributed by atoms with Crippen LogP contribution in [0.2, 0.25) is 0 Å². The van der Waals surface area contributed by atoms with Gasteiger partial charge in [-0.3, -0.25) is 10.1 Å². The lowest BCUT2D eigenvalue weighted by molar-refractivity contribution is -0.137. The number of nitrogens with one attached hydrogen (secondary N) is 2. The number of thiazole rings is 1. The summed E-state index contributed by atoms with van der Waals surface area (Å²) < 4.78 is 44.4. The predicted molar refractivity (Wildman–Crippen MR) is 110 cm³/mol. The minimum absolute atomic E-state index is 0.00396. The van der Waals surface area contributed by atoms with Gasteiger partial charge in [0.2, 0.25) is 0 Å². The van der Waals surface area contributed by atoms with Gasteiger partial charge < -0.3 is 15.2 Å². The second-order valence-corrected chi connectivity index (χ2v) is 7.88. The Morgan fingerprint density at radius 2 is 1.94 bits per heavy atom. The molecule has 0 spiro atoms. The highest BCUT2D eigenvalue weighted by molar-refractivity contribution is 7.16. The number of hydrogen-bond donors (Lipinski definition) is 3. The van der Waals surface area contributed by atoms with Crippen molar-refractivity contribution >= 4 is 28.1 Å². The number of ether oxygens (including phenoxy) is 1. The molecule has 0 saturated heterocycles. The van der Waals surface area contributed by atoms with Crippen molar-refractivity contribution in [2.45, 2.75) is 25.4 Å². The summed E-state index contributed by atoms with van der Waals surface area (Å²) in [5.41, 5.74) is 1.07. The molecule has 162 valence electrons. The number of halogens is 3. The Hall–Kier alpha value is -2.95. The smallest absolute Gasteiger partial charge is 0.380 e. The van der Waals surface area contributed by atoms with Gasteiger partial charge in [0.1, 0.15) is 0 Å². The fraction of sp³-hybridized carbons (Fsp3) is 0.238. The van der Waals surface area contributed by atoms with Crippen LogP contribution in [0.1, 0.15) is 38.3 Å². The van der Waals surface area contributed by atoms with E-state index >= 15 is 0 Å². The summed E-state index contributed by atoms with van der Waals surface area (Å²) >= 11 is 1.16. The van der Waals surface area contributed by atoms with Crippen LogP contribution in [0, 0.1) is 0 Å². The van der Waals surface area contributed by atoms with Gasteiger partial charge in [-0.05, 0) is 29.8 Å². The van der Waals surface area contributed by atoms with E-state index in [-0.39, 0.29) is 18.1 Å². The van der Waals surface area contributed by atoms with Crippen molar-refractivity contribution in [3.05, 3.63) is 75.8 Å². The number of nitrogens with zero attached hydrogens (tertiary/aromatic N) is 1. The summed E-state index contributed by atoms with van der Waals surface area (Å²) in [6.07, 6.45) is -4.90. The van der Waals surface area contributed by atoms with E-state index in [1.807, 2.05) is 0 Å². The molecule has 0 saturated carbocycles. The van der Waals surface area contributed by atoms with Crippen molar-refractivity contribution in [2.75, 3.05) is 17.2 Å². The van der Waals surface area contributed by atoms with Gasteiger partial charge in [-0.15, -0.1) is 0 Å². The zero-order valence-corrected chi connectivity index (χ0v) is 16.9. The van der Waals surface area contributed by atoms with Gasteiger partial charge in [-0.25, -0.2) is 4.98 Å². The molecule has 0 bridgehead atoms. The van der Waals surface area contributed by atoms with E-state index in [9.17, 15) is 23.1 Å². The van der Waals surface area contributed by atoms with E-state index in [2.05, 4.69) is 15.6 Å². The van der Waals surface area contributed by atoms with Crippen molar-refractivity contribution < 1.29 is 27.8 Å². The first-order valence-electron chi connectivity index (χ1n) is 9.41. The molecule has 0 fully saturated rings. The molecule has 4 rings (SSSR count). The highest BCUT2D eigenvalue weighted by Gasteiger charge is 2.33. The number of benzene rings is 2. The Balaban J connectivity index is 1.39. The Labute approximate surface area is 179 Å². The first-order valence-corrected chi connectivity index (χ1v) is 10.2. The van der Waals surface area contributed by atoms with Crippen molar-refractivity contribution in [1.29, 1.82) is 0 Å². The molecule has 3 aromatic rings. The number of para-hydroxylation sites is 1. The lowest BCUT2D eigenvalue weighted by Gasteiger charge is -2.15. The van der Waals surface area contributed by atoms with Crippen LogP contribution in [0.25, 0.3) is 0 Å². The number of carbonyl (C=O) groups excluding carboxylic acids is 1. The van der Waals surface area contributed by atoms with E-state index in [1.165, 1.54) is 18.2 Å². The first kappa shape index (κ1) is 21.3. The number of hydrogen-bond acceptors (Lipinski definition) is 6. The predicted octanol–water partition coefficient (Wildman–Crippen LogP) is 4.59. The minimum Gasteiger partial charge on any atom is -0.380 e. The van der Waals surface area contributed by atoms with Crippen molar-refractivity contribution in [1.82, 2.24) is 4.98 Å². The lowest BCUT2D eigenvalue weighted by Crippen LogP contribution is -2.14. The number of rotatable bonds is 5. The highest BCUT2D eigenvalue weighted by atomic mass is 32.1. The van der Waals surface area contributed by atoms with Crippen LogP contribution in [0.3, 0.4) is 0 Å². The molecule has 1 aliphatic rings. The third-order valence-corrected chi connectivity index (χ3v) is 5.76. The van der Waals surface area contributed by atoms with E-state index in [0.717, 1.165) is 23.0 Å². The average molecular weight is 449 g/mol. The molecule has 0 aliphatic carbocycles. The Kier molecular flexibility index (Phi) is 5.94. The number of fused-ring (bicyclic) bond motifs is 1. The number of alkyl halides is 3. The quantitative estimate of drug-likeness (QED) is 0.531. The SMILES string of the molecule is O=C(Nc1nc2c(s1)C(O)OCC2)c1ccc(CNc2ccccc2C(F)(F)F)cc1. The molecule has 2 heterocycles. The average Bonchev–Trinajstić information content (AvgIpc) is 3.16. The van der Waals surface area contributed by atoms with Crippen LogP contribution < -0.4 is 10.6 Å². The molecule has 6 nitrogen and oxygen atoms in total. The van der Waals surface area contributed by atoms with E-state index in [0.29, 0.717) is 34.3 Å². The van der Waals surface area contributed by atoms with Gasteiger partial charge in [0, 0.05) is 24.2 Å². The monoisotopic (exact) mass is 449 g/mol. The van der Waals surface area contributed by atoms with Crippen LogP contribution >= 0.6 is 11.3 Å². The normalized spacial score (nSPS) is 15.9. The lowest BCUT2D eigenvalue weighted by atomic mass is 10.1. The molecule has 3 N–H and O–H groups in total. The first-order chi connectivity index (χ1) is 14.8. The minimum atomic E-state index is -4.44. The van der Waals surface area contributed by atoms with Crippen molar-refractivity contribution in [2.24, 2.45) is 0 Å².